The Morgan fingerprint density at radius 1 is 1.70 bits per heavy atom. The molecule has 0 heterocycles. The van der Waals surface area contributed by atoms with Gasteiger partial charge in [-0.15, -0.1) is 0 Å². The maximum atomic E-state index is 10.4. The van der Waals surface area contributed by atoms with Crippen molar-refractivity contribution in [2.45, 2.75) is 6.10 Å². The van der Waals surface area contributed by atoms with Gasteiger partial charge in [0, 0.05) is 6.66 Å². The van der Waals surface area contributed by atoms with Gasteiger partial charge in [0.15, 0.2) is 0 Å². The second kappa shape index (κ2) is 4.05. The molecule has 0 amide bonds. The third-order valence-electron chi connectivity index (χ3n) is 0.717. The summed E-state index contributed by atoms with van der Waals surface area (Å²) in [5, 5.41) is 16.8. The SMILES string of the molecule is CP(=O)(O)OC[C@H](O)CO. The number of aliphatic hydroxyl groups is 2. The van der Waals surface area contributed by atoms with Crippen molar-refractivity contribution in [3.05, 3.63) is 0 Å². The van der Waals surface area contributed by atoms with Crippen LogP contribution in [0.3, 0.4) is 0 Å². The fourth-order valence-corrected chi connectivity index (χ4v) is 0.726. The van der Waals surface area contributed by atoms with Gasteiger partial charge in [0.25, 0.3) is 0 Å². The van der Waals surface area contributed by atoms with Gasteiger partial charge in [0.05, 0.1) is 13.2 Å². The minimum Gasteiger partial charge on any atom is -0.394 e. The zero-order valence-electron chi connectivity index (χ0n) is 5.60. The maximum Gasteiger partial charge on any atom is 0.325 e. The number of hydrogen-bond acceptors (Lipinski definition) is 4. The van der Waals surface area contributed by atoms with Crippen LogP contribution in [0.1, 0.15) is 0 Å². The van der Waals surface area contributed by atoms with E-state index in [1.807, 2.05) is 0 Å². The highest BCUT2D eigenvalue weighted by Crippen LogP contribution is 2.36. The Hall–Kier alpha value is 0.0700. The largest absolute Gasteiger partial charge is 0.394 e. The molecule has 1 unspecified atom stereocenters. The first kappa shape index (κ1) is 10.1. The van der Waals surface area contributed by atoms with Gasteiger partial charge < -0.3 is 19.6 Å². The van der Waals surface area contributed by atoms with E-state index in [1.54, 1.807) is 0 Å². The standard InChI is InChI=1S/C4H11O5P/c1-10(7,8)9-3-4(6)2-5/h4-6H,2-3H2,1H3,(H,7,8)/t4-/m1/s1. The zero-order chi connectivity index (χ0) is 8.20. The van der Waals surface area contributed by atoms with E-state index in [1.165, 1.54) is 0 Å². The lowest BCUT2D eigenvalue weighted by atomic mass is 10.4. The van der Waals surface area contributed by atoms with E-state index in [9.17, 15) is 4.57 Å². The van der Waals surface area contributed by atoms with Crippen LogP contribution in [0.2, 0.25) is 0 Å². The summed E-state index contributed by atoms with van der Waals surface area (Å²) >= 11 is 0. The van der Waals surface area contributed by atoms with Crippen LogP contribution in [0, 0.1) is 0 Å². The maximum absolute atomic E-state index is 10.4. The molecule has 0 aliphatic rings. The summed E-state index contributed by atoms with van der Waals surface area (Å²) in [5.41, 5.74) is 0. The van der Waals surface area contributed by atoms with Crippen molar-refractivity contribution in [1.29, 1.82) is 0 Å². The van der Waals surface area contributed by atoms with Crippen LogP contribution in [0.4, 0.5) is 0 Å². The van der Waals surface area contributed by atoms with Crippen molar-refractivity contribution in [3.63, 3.8) is 0 Å². The van der Waals surface area contributed by atoms with Crippen molar-refractivity contribution < 1.29 is 24.2 Å². The first-order valence-electron chi connectivity index (χ1n) is 2.69. The number of aliphatic hydroxyl groups excluding tert-OH is 2. The zero-order valence-corrected chi connectivity index (χ0v) is 6.49. The summed E-state index contributed by atoms with van der Waals surface area (Å²) in [4.78, 5) is 8.50. The van der Waals surface area contributed by atoms with Crippen LogP contribution in [-0.4, -0.2) is 41.1 Å². The Balaban J connectivity index is 3.46. The van der Waals surface area contributed by atoms with Crippen molar-refractivity contribution >= 4 is 7.60 Å². The van der Waals surface area contributed by atoms with Gasteiger partial charge in [-0.25, -0.2) is 0 Å². The van der Waals surface area contributed by atoms with E-state index in [2.05, 4.69) is 4.52 Å². The molecule has 0 rings (SSSR count). The monoisotopic (exact) mass is 170 g/mol. The van der Waals surface area contributed by atoms with E-state index in [0.717, 1.165) is 6.66 Å². The molecule has 2 atom stereocenters. The van der Waals surface area contributed by atoms with Crippen LogP contribution in [0.5, 0.6) is 0 Å². The summed E-state index contributed by atoms with van der Waals surface area (Å²) < 4.78 is 14.7. The van der Waals surface area contributed by atoms with E-state index >= 15 is 0 Å². The number of hydrogen-bond donors (Lipinski definition) is 3. The average Bonchev–Trinajstić information content (AvgIpc) is 1.81. The summed E-state index contributed by atoms with van der Waals surface area (Å²) in [6.45, 7) is 0.220. The quantitative estimate of drug-likeness (QED) is 0.479. The van der Waals surface area contributed by atoms with Gasteiger partial charge in [-0.1, -0.05) is 0 Å². The minimum absolute atomic E-state index is 0.319. The predicted molar refractivity (Wildman–Crippen MR) is 34.8 cm³/mol. The highest BCUT2D eigenvalue weighted by molar-refractivity contribution is 7.51. The molecule has 0 aromatic carbocycles. The van der Waals surface area contributed by atoms with Gasteiger partial charge in [-0.3, -0.25) is 4.57 Å². The molecule has 6 heteroatoms. The Labute approximate surface area is 58.8 Å². The molecule has 0 fully saturated rings. The molecule has 0 bridgehead atoms. The summed E-state index contributed by atoms with van der Waals surface area (Å²) in [6.07, 6.45) is -1.08. The highest BCUT2D eigenvalue weighted by atomic mass is 31.2. The first-order valence-corrected chi connectivity index (χ1v) is 4.72. The third-order valence-corrected chi connectivity index (χ3v) is 1.35. The second-order valence-electron chi connectivity index (χ2n) is 1.94. The first-order chi connectivity index (χ1) is 4.45. The van der Waals surface area contributed by atoms with Gasteiger partial charge in [0.2, 0.25) is 0 Å². The van der Waals surface area contributed by atoms with Gasteiger partial charge in [-0.2, -0.15) is 0 Å². The Bertz CT molecular complexity index is 130. The van der Waals surface area contributed by atoms with Crippen LogP contribution in [-0.2, 0) is 9.09 Å². The van der Waals surface area contributed by atoms with E-state index in [0.29, 0.717) is 0 Å². The molecule has 0 aromatic heterocycles. The Morgan fingerprint density at radius 2 is 2.20 bits per heavy atom. The lowest BCUT2D eigenvalue weighted by Crippen LogP contribution is -2.18. The molecule has 10 heavy (non-hydrogen) atoms. The number of rotatable bonds is 4. The molecule has 0 saturated heterocycles. The van der Waals surface area contributed by atoms with Crippen LogP contribution >= 0.6 is 7.60 Å². The van der Waals surface area contributed by atoms with Gasteiger partial charge >= 0.3 is 7.60 Å². The third kappa shape index (κ3) is 6.19. The van der Waals surface area contributed by atoms with Gasteiger partial charge in [-0.05, 0) is 0 Å². The molecule has 0 saturated carbocycles. The lowest BCUT2D eigenvalue weighted by molar-refractivity contribution is 0.0502. The molecule has 0 spiro atoms. The molecule has 0 radical (unpaired) electrons. The second-order valence-corrected chi connectivity index (χ2v) is 3.80. The fourth-order valence-electron chi connectivity index (χ4n) is 0.277. The molecule has 5 nitrogen and oxygen atoms in total. The minimum atomic E-state index is -3.50. The van der Waals surface area contributed by atoms with Crippen molar-refractivity contribution in [2.24, 2.45) is 0 Å². The normalized spacial score (nSPS) is 20.0. The van der Waals surface area contributed by atoms with E-state index in [-0.39, 0.29) is 6.61 Å². The van der Waals surface area contributed by atoms with E-state index < -0.39 is 20.3 Å². The van der Waals surface area contributed by atoms with Gasteiger partial charge in [0.1, 0.15) is 6.10 Å². The van der Waals surface area contributed by atoms with Crippen molar-refractivity contribution in [2.75, 3.05) is 19.9 Å². The van der Waals surface area contributed by atoms with Crippen LogP contribution in [0.25, 0.3) is 0 Å². The smallest absolute Gasteiger partial charge is 0.325 e. The molecule has 0 aliphatic heterocycles. The summed E-state index contributed by atoms with van der Waals surface area (Å²) in [5.74, 6) is 0. The molecule has 62 valence electrons. The molecule has 3 N–H and O–H groups in total. The summed E-state index contributed by atoms with van der Waals surface area (Å²) in [7, 11) is -3.50. The molecular weight excluding hydrogens is 159 g/mol. The fraction of sp³-hybridized carbons (Fsp3) is 1.00. The highest BCUT2D eigenvalue weighted by Gasteiger charge is 2.12. The van der Waals surface area contributed by atoms with Crippen molar-refractivity contribution in [3.8, 4) is 0 Å². The molecular formula is C4H11O5P. The Kier molecular flexibility index (Phi) is 4.08. The summed E-state index contributed by atoms with van der Waals surface area (Å²) in [6, 6.07) is 0. The Morgan fingerprint density at radius 3 is 2.50 bits per heavy atom. The molecule has 0 aromatic rings. The van der Waals surface area contributed by atoms with E-state index in [4.69, 9.17) is 15.1 Å². The topological polar surface area (TPSA) is 87.0 Å². The van der Waals surface area contributed by atoms with Crippen LogP contribution in [0.15, 0.2) is 0 Å². The predicted octanol–water partition coefficient (Wildman–Crippen LogP) is -0.829. The lowest BCUT2D eigenvalue weighted by Gasteiger charge is -2.09. The van der Waals surface area contributed by atoms with Crippen LogP contribution < -0.4 is 0 Å². The molecule has 0 aliphatic carbocycles. The average molecular weight is 170 g/mol. The van der Waals surface area contributed by atoms with Crippen molar-refractivity contribution in [1.82, 2.24) is 0 Å².